The Morgan fingerprint density at radius 1 is 0.308 bits per heavy atom. The molecule has 4 heterocycles. The molecule has 4 aromatic heterocycles. The van der Waals surface area contributed by atoms with E-state index in [2.05, 4.69) is 155 Å². The fourth-order valence-electron chi connectivity index (χ4n) is 8.64. The molecule has 0 unspecified atom stereocenters. The fraction of sp³-hybridized carbons (Fsp3) is 0. The van der Waals surface area contributed by atoms with Crippen LogP contribution in [0.4, 0.5) is 0 Å². The molecule has 0 N–H and O–H groups in total. The van der Waals surface area contributed by atoms with Gasteiger partial charge >= 0.3 is 0 Å². The number of fused-ring (bicyclic) bond motifs is 12. The second-order valence-electron chi connectivity index (χ2n) is 13.7. The highest BCUT2D eigenvalue weighted by molar-refractivity contribution is 6.18. The molecule has 0 aliphatic heterocycles. The minimum atomic E-state index is 0.907. The van der Waals surface area contributed by atoms with Crippen molar-refractivity contribution in [1.29, 1.82) is 0 Å². The summed E-state index contributed by atoms with van der Waals surface area (Å²) < 4.78 is 17.5. The lowest BCUT2D eigenvalue weighted by Gasteiger charge is -2.15. The third-order valence-electron chi connectivity index (χ3n) is 10.9. The van der Waals surface area contributed by atoms with E-state index in [4.69, 9.17) is 8.83 Å². The molecule has 242 valence electrons. The first-order valence-electron chi connectivity index (χ1n) is 17.7. The molecule has 0 aliphatic carbocycles. The van der Waals surface area contributed by atoms with Crippen LogP contribution in [0.2, 0.25) is 0 Å². The second kappa shape index (κ2) is 10.3. The number of hydrogen-bond donors (Lipinski definition) is 0. The van der Waals surface area contributed by atoms with Gasteiger partial charge in [0.25, 0.3) is 0 Å². The van der Waals surface area contributed by atoms with Crippen LogP contribution in [-0.4, -0.2) is 9.13 Å². The molecule has 0 fully saturated rings. The van der Waals surface area contributed by atoms with Gasteiger partial charge in [-0.05, 0) is 72.3 Å². The van der Waals surface area contributed by atoms with Gasteiger partial charge in [-0.15, -0.1) is 0 Å². The fourth-order valence-corrected chi connectivity index (χ4v) is 8.64. The molecule has 0 saturated carbocycles. The van der Waals surface area contributed by atoms with Crippen molar-refractivity contribution in [3.63, 3.8) is 0 Å². The van der Waals surface area contributed by atoms with E-state index >= 15 is 0 Å². The van der Waals surface area contributed by atoms with E-state index < -0.39 is 0 Å². The summed E-state index contributed by atoms with van der Waals surface area (Å²) in [6, 6.07) is 60.7. The molecule has 0 radical (unpaired) electrons. The summed E-state index contributed by atoms with van der Waals surface area (Å²) in [6.07, 6.45) is 0. The summed E-state index contributed by atoms with van der Waals surface area (Å²) in [6.45, 7) is 0. The van der Waals surface area contributed by atoms with E-state index in [1.807, 2.05) is 24.3 Å². The van der Waals surface area contributed by atoms with Crippen LogP contribution in [0, 0.1) is 0 Å². The molecule has 0 spiro atoms. The number of furan rings is 2. The molecule has 4 nitrogen and oxygen atoms in total. The summed E-state index contributed by atoms with van der Waals surface area (Å²) in [4.78, 5) is 0. The topological polar surface area (TPSA) is 36.1 Å². The van der Waals surface area contributed by atoms with Crippen molar-refractivity contribution in [2.75, 3.05) is 0 Å². The third-order valence-corrected chi connectivity index (χ3v) is 10.9. The Morgan fingerprint density at radius 2 is 0.827 bits per heavy atom. The zero-order chi connectivity index (χ0) is 33.9. The van der Waals surface area contributed by atoms with Crippen molar-refractivity contribution in [1.82, 2.24) is 9.13 Å². The van der Waals surface area contributed by atoms with Gasteiger partial charge in [0.05, 0.1) is 27.8 Å². The van der Waals surface area contributed by atoms with Crippen LogP contribution in [0.3, 0.4) is 0 Å². The summed E-state index contributed by atoms with van der Waals surface area (Å²) in [7, 11) is 0. The quantitative estimate of drug-likeness (QED) is 0.188. The van der Waals surface area contributed by atoms with Gasteiger partial charge in [0.15, 0.2) is 0 Å². The predicted octanol–water partition coefficient (Wildman–Crippen LogP) is 13.3. The molecule has 12 rings (SSSR count). The van der Waals surface area contributed by atoms with Gasteiger partial charge in [-0.2, -0.15) is 0 Å². The van der Waals surface area contributed by atoms with Crippen LogP contribution in [0.5, 0.6) is 0 Å². The number of rotatable bonds is 3. The number of aromatic nitrogens is 2. The highest BCUT2D eigenvalue weighted by Crippen LogP contribution is 2.42. The molecule has 0 amide bonds. The number of nitrogens with zero attached hydrogens (tertiary/aromatic N) is 2. The molecule has 0 atom stereocenters. The van der Waals surface area contributed by atoms with Crippen LogP contribution in [0.25, 0.3) is 110 Å². The minimum absolute atomic E-state index is 0.907. The Hall–Kier alpha value is -7.04. The van der Waals surface area contributed by atoms with Crippen LogP contribution >= 0.6 is 0 Å². The second-order valence-corrected chi connectivity index (χ2v) is 13.7. The largest absolute Gasteiger partial charge is 0.456 e. The van der Waals surface area contributed by atoms with Crippen molar-refractivity contribution < 1.29 is 8.83 Å². The molecule has 4 heteroatoms. The van der Waals surface area contributed by atoms with E-state index in [0.717, 1.165) is 82.9 Å². The van der Waals surface area contributed by atoms with Gasteiger partial charge in [-0.25, -0.2) is 0 Å². The normalized spacial score (nSPS) is 12.2. The van der Waals surface area contributed by atoms with Crippen molar-refractivity contribution in [3.8, 4) is 22.5 Å². The number of hydrogen-bond acceptors (Lipinski definition) is 2. The predicted molar refractivity (Wildman–Crippen MR) is 215 cm³/mol. The average molecular weight is 665 g/mol. The maximum atomic E-state index is 6.35. The van der Waals surface area contributed by atoms with Gasteiger partial charge in [-0.3, -0.25) is 0 Å². The molecule has 8 aromatic carbocycles. The number of benzene rings is 8. The summed E-state index contributed by atoms with van der Waals surface area (Å²) in [5, 5.41) is 9.26. The van der Waals surface area contributed by atoms with Gasteiger partial charge < -0.3 is 18.0 Å². The molecular weight excluding hydrogens is 637 g/mol. The first-order chi connectivity index (χ1) is 25.8. The van der Waals surface area contributed by atoms with Gasteiger partial charge in [0.2, 0.25) is 0 Å². The monoisotopic (exact) mass is 664 g/mol. The van der Waals surface area contributed by atoms with E-state index in [1.165, 1.54) is 27.1 Å². The average Bonchev–Trinajstić information content (AvgIpc) is 3.93. The molecule has 0 bridgehead atoms. The molecule has 52 heavy (non-hydrogen) atoms. The van der Waals surface area contributed by atoms with Crippen LogP contribution < -0.4 is 0 Å². The summed E-state index contributed by atoms with van der Waals surface area (Å²) in [5.41, 5.74) is 12.8. The standard InChI is InChI=1S/C48H28N2O2/c1-6-19-40(50-42-21-8-3-16-33(42)37-28-48-39(26-44(37)50)35-18-5-10-23-46(35)52-48)31(14-1)29-12-11-13-30(24-29)49-41-20-7-2-15-32(41)36-27-47-38(25-43(36)49)34-17-4-9-22-45(34)51-47/h1-28H. The van der Waals surface area contributed by atoms with Crippen LogP contribution in [0.1, 0.15) is 0 Å². The lowest BCUT2D eigenvalue weighted by molar-refractivity contribution is 0.669. The van der Waals surface area contributed by atoms with E-state index in [0.29, 0.717) is 0 Å². The first-order valence-corrected chi connectivity index (χ1v) is 17.7. The van der Waals surface area contributed by atoms with Crippen molar-refractivity contribution in [3.05, 3.63) is 170 Å². The summed E-state index contributed by atoms with van der Waals surface area (Å²) >= 11 is 0. The minimum Gasteiger partial charge on any atom is -0.456 e. The highest BCUT2D eigenvalue weighted by Gasteiger charge is 2.20. The lowest BCUT2D eigenvalue weighted by Crippen LogP contribution is -1.98. The Bertz CT molecular complexity index is 3420. The number of para-hydroxylation sites is 5. The highest BCUT2D eigenvalue weighted by atomic mass is 16.3. The maximum absolute atomic E-state index is 6.35. The Labute approximate surface area is 296 Å². The Kier molecular flexibility index (Phi) is 5.47. The Morgan fingerprint density at radius 3 is 1.48 bits per heavy atom. The SMILES string of the molecule is c1cc(-c2ccccc2-n2c3ccccc3c3cc4oc5ccccc5c4cc32)cc(-n2c3ccccc3c3cc4oc5ccccc5c4cc32)c1. The van der Waals surface area contributed by atoms with Crippen molar-refractivity contribution >= 4 is 87.5 Å². The molecular formula is C48H28N2O2. The van der Waals surface area contributed by atoms with Gasteiger partial charge in [0, 0.05) is 54.3 Å². The lowest BCUT2D eigenvalue weighted by atomic mass is 10.0. The Balaban J connectivity index is 1.11. The van der Waals surface area contributed by atoms with E-state index in [9.17, 15) is 0 Å². The van der Waals surface area contributed by atoms with Crippen molar-refractivity contribution in [2.45, 2.75) is 0 Å². The smallest absolute Gasteiger partial charge is 0.136 e. The first kappa shape index (κ1) is 27.7. The zero-order valence-corrected chi connectivity index (χ0v) is 27.9. The van der Waals surface area contributed by atoms with E-state index in [-0.39, 0.29) is 0 Å². The van der Waals surface area contributed by atoms with Crippen LogP contribution in [0.15, 0.2) is 179 Å². The maximum Gasteiger partial charge on any atom is 0.136 e. The van der Waals surface area contributed by atoms with Gasteiger partial charge in [-0.1, -0.05) is 103 Å². The van der Waals surface area contributed by atoms with E-state index in [1.54, 1.807) is 0 Å². The zero-order valence-electron chi connectivity index (χ0n) is 27.9. The van der Waals surface area contributed by atoms with Crippen molar-refractivity contribution in [2.24, 2.45) is 0 Å². The molecule has 0 aliphatic rings. The van der Waals surface area contributed by atoms with Gasteiger partial charge in [0.1, 0.15) is 22.3 Å². The molecule has 0 saturated heterocycles. The van der Waals surface area contributed by atoms with Crippen LogP contribution in [-0.2, 0) is 0 Å². The summed E-state index contributed by atoms with van der Waals surface area (Å²) in [5.74, 6) is 0. The third kappa shape index (κ3) is 3.75. The molecule has 12 aromatic rings.